The molecular weight excluding hydrogens is 291 g/mol. The molecule has 0 bridgehead atoms. The fraction of sp³-hybridized carbons (Fsp3) is 0.263. The third-order valence-corrected chi connectivity index (χ3v) is 4.01. The average Bonchev–Trinajstić information content (AvgIpc) is 2.55. The first-order valence-electron chi connectivity index (χ1n) is 7.84. The van der Waals surface area contributed by atoms with Gasteiger partial charge < -0.3 is 10.2 Å². The monoisotopic (exact) mass is 310 g/mol. The van der Waals surface area contributed by atoms with Gasteiger partial charge in [0, 0.05) is 30.0 Å². The highest BCUT2D eigenvalue weighted by Crippen LogP contribution is 2.23. The average molecular weight is 310 g/mol. The Morgan fingerprint density at radius 1 is 1.09 bits per heavy atom. The van der Waals surface area contributed by atoms with Crippen molar-refractivity contribution in [2.75, 3.05) is 23.3 Å². The molecule has 23 heavy (non-hydrogen) atoms. The van der Waals surface area contributed by atoms with Gasteiger partial charge in [0.25, 0.3) is 5.91 Å². The van der Waals surface area contributed by atoms with Crippen LogP contribution < -0.4 is 10.2 Å². The molecular formula is C19H19FN2O. The normalized spacial score (nSPS) is 14.6. The fourth-order valence-electron chi connectivity index (χ4n) is 2.86. The van der Waals surface area contributed by atoms with Gasteiger partial charge in [-0.2, -0.15) is 0 Å². The van der Waals surface area contributed by atoms with Crippen molar-refractivity contribution >= 4 is 17.3 Å². The van der Waals surface area contributed by atoms with Crippen molar-refractivity contribution in [3.8, 4) is 0 Å². The smallest absolute Gasteiger partial charge is 0.255 e. The minimum atomic E-state index is -0.397. The van der Waals surface area contributed by atoms with Crippen LogP contribution in [0.5, 0.6) is 0 Å². The first-order valence-corrected chi connectivity index (χ1v) is 7.84. The van der Waals surface area contributed by atoms with Gasteiger partial charge in [-0.3, -0.25) is 4.79 Å². The molecule has 1 heterocycles. The number of amides is 1. The number of hydrogen-bond donors (Lipinski definition) is 1. The van der Waals surface area contributed by atoms with E-state index in [-0.39, 0.29) is 5.91 Å². The SMILES string of the molecule is [CH]c1cccc(NC(=O)c2cc(F)cc(N3CCCCC3)c2)c1. The number of benzene rings is 2. The minimum absolute atomic E-state index is 0.313. The van der Waals surface area contributed by atoms with E-state index in [2.05, 4.69) is 10.2 Å². The molecule has 1 N–H and O–H groups in total. The van der Waals surface area contributed by atoms with Crippen molar-refractivity contribution in [3.63, 3.8) is 0 Å². The maximum atomic E-state index is 13.9. The standard InChI is InChI=1S/C19H19FN2O/c1-14-6-5-7-17(10-14)21-19(23)15-11-16(20)13-18(12-15)22-8-3-2-4-9-22/h1,5-7,10-13H,2-4,8-9H2,(H,21,23). The lowest BCUT2D eigenvalue weighted by molar-refractivity contribution is 0.102. The summed E-state index contributed by atoms with van der Waals surface area (Å²) in [7, 11) is 0. The van der Waals surface area contributed by atoms with Crippen molar-refractivity contribution < 1.29 is 9.18 Å². The molecule has 0 spiro atoms. The Morgan fingerprint density at radius 3 is 2.61 bits per heavy atom. The van der Waals surface area contributed by atoms with Crippen LogP contribution in [0.3, 0.4) is 0 Å². The van der Waals surface area contributed by atoms with Gasteiger partial charge in [-0.1, -0.05) is 12.1 Å². The molecule has 1 fully saturated rings. The van der Waals surface area contributed by atoms with Gasteiger partial charge >= 0.3 is 0 Å². The van der Waals surface area contributed by atoms with Crippen molar-refractivity contribution in [3.05, 3.63) is 66.3 Å². The van der Waals surface area contributed by atoms with Crippen LogP contribution in [0.2, 0.25) is 0 Å². The van der Waals surface area contributed by atoms with E-state index in [1.165, 1.54) is 18.6 Å². The molecule has 1 saturated heterocycles. The summed E-state index contributed by atoms with van der Waals surface area (Å²) in [6.07, 6.45) is 3.40. The summed E-state index contributed by atoms with van der Waals surface area (Å²) in [5, 5.41) is 2.75. The van der Waals surface area contributed by atoms with Crippen LogP contribution in [-0.4, -0.2) is 19.0 Å². The molecule has 0 saturated carbocycles. The van der Waals surface area contributed by atoms with Gasteiger partial charge in [-0.25, -0.2) is 4.39 Å². The van der Waals surface area contributed by atoms with Crippen LogP contribution in [0.25, 0.3) is 0 Å². The fourth-order valence-corrected chi connectivity index (χ4v) is 2.86. The molecule has 2 aromatic rings. The Labute approximate surface area is 136 Å². The zero-order valence-electron chi connectivity index (χ0n) is 12.9. The topological polar surface area (TPSA) is 32.3 Å². The minimum Gasteiger partial charge on any atom is -0.371 e. The van der Waals surface area contributed by atoms with Crippen LogP contribution in [0.15, 0.2) is 42.5 Å². The first-order chi connectivity index (χ1) is 11.1. The highest BCUT2D eigenvalue weighted by atomic mass is 19.1. The predicted molar refractivity (Wildman–Crippen MR) is 90.3 cm³/mol. The van der Waals surface area contributed by atoms with Gasteiger partial charge in [0.2, 0.25) is 0 Å². The highest BCUT2D eigenvalue weighted by Gasteiger charge is 2.15. The van der Waals surface area contributed by atoms with E-state index in [4.69, 9.17) is 6.92 Å². The summed E-state index contributed by atoms with van der Waals surface area (Å²) < 4.78 is 13.9. The second-order valence-electron chi connectivity index (χ2n) is 5.83. The summed E-state index contributed by atoms with van der Waals surface area (Å²) in [4.78, 5) is 14.5. The van der Waals surface area contributed by atoms with Crippen molar-refractivity contribution in [2.24, 2.45) is 0 Å². The predicted octanol–water partition coefficient (Wildman–Crippen LogP) is 4.13. The van der Waals surface area contributed by atoms with Gasteiger partial charge in [-0.05, 0) is 62.1 Å². The van der Waals surface area contributed by atoms with Crippen molar-refractivity contribution in [1.29, 1.82) is 0 Å². The van der Waals surface area contributed by atoms with Crippen LogP contribution in [-0.2, 0) is 0 Å². The number of anilines is 2. The second kappa shape index (κ2) is 6.82. The molecule has 3 nitrogen and oxygen atoms in total. The summed E-state index contributed by atoms with van der Waals surface area (Å²) >= 11 is 0. The van der Waals surface area contributed by atoms with Gasteiger partial charge in [0.1, 0.15) is 5.82 Å². The number of carbonyl (C=O) groups excluding carboxylic acids is 1. The number of halogens is 1. The number of rotatable bonds is 3. The van der Waals surface area contributed by atoms with E-state index in [0.717, 1.165) is 31.6 Å². The maximum Gasteiger partial charge on any atom is 0.255 e. The lowest BCUT2D eigenvalue weighted by atomic mass is 10.1. The largest absolute Gasteiger partial charge is 0.371 e. The number of nitrogens with zero attached hydrogens (tertiary/aromatic N) is 1. The van der Waals surface area contributed by atoms with E-state index in [1.54, 1.807) is 30.3 Å². The zero-order valence-corrected chi connectivity index (χ0v) is 12.9. The third kappa shape index (κ3) is 3.89. The molecule has 3 rings (SSSR count). The molecule has 1 aliphatic heterocycles. The van der Waals surface area contributed by atoms with Crippen molar-refractivity contribution in [2.45, 2.75) is 19.3 Å². The van der Waals surface area contributed by atoms with Gasteiger partial charge in [0.05, 0.1) is 0 Å². The molecule has 118 valence electrons. The summed E-state index contributed by atoms with van der Waals surface area (Å²) in [5.74, 6) is -0.737. The number of piperidine rings is 1. The molecule has 2 aromatic carbocycles. The highest BCUT2D eigenvalue weighted by molar-refractivity contribution is 6.04. The molecule has 2 radical (unpaired) electrons. The molecule has 0 aliphatic carbocycles. The number of hydrogen-bond acceptors (Lipinski definition) is 2. The summed E-state index contributed by atoms with van der Waals surface area (Å²) in [5.41, 5.74) is 2.24. The summed E-state index contributed by atoms with van der Waals surface area (Å²) in [6.45, 7) is 7.51. The Hall–Kier alpha value is -2.36. The Bertz CT molecular complexity index is 708. The molecule has 0 atom stereocenters. The van der Waals surface area contributed by atoms with E-state index in [9.17, 15) is 9.18 Å². The first kappa shape index (κ1) is 15.5. The van der Waals surface area contributed by atoms with Crippen LogP contribution in [0, 0.1) is 12.7 Å². The van der Waals surface area contributed by atoms with Crippen LogP contribution in [0.4, 0.5) is 15.8 Å². The number of nitrogens with one attached hydrogen (secondary N) is 1. The van der Waals surface area contributed by atoms with E-state index >= 15 is 0 Å². The quantitative estimate of drug-likeness (QED) is 0.924. The lowest BCUT2D eigenvalue weighted by Crippen LogP contribution is -2.29. The Morgan fingerprint density at radius 2 is 1.87 bits per heavy atom. The Kier molecular flexibility index (Phi) is 4.60. The third-order valence-electron chi connectivity index (χ3n) is 4.01. The van der Waals surface area contributed by atoms with Crippen molar-refractivity contribution in [1.82, 2.24) is 0 Å². The molecule has 4 heteroatoms. The maximum absolute atomic E-state index is 13.9. The van der Waals surface area contributed by atoms with Crippen LogP contribution in [0.1, 0.15) is 35.2 Å². The molecule has 1 aliphatic rings. The molecule has 0 unspecified atom stereocenters. The van der Waals surface area contributed by atoms with E-state index < -0.39 is 5.82 Å². The second-order valence-corrected chi connectivity index (χ2v) is 5.83. The summed E-state index contributed by atoms with van der Waals surface area (Å²) in [6, 6.07) is 11.4. The van der Waals surface area contributed by atoms with Crippen LogP contribution >= 0.6 is 0 Å². The van der Waals surface area contributed by atoms with Gasteiger partial charge in [0.15, 0.2) is 0 Å². The van der Waals surface area contributed by atoms with E-state index in [0.29, 0.717) is 16.8 Å². The zero-order chi connectivity index (χ0) is 16.2. The Balaban J connectivity index is 1.81. The molecule has 1 amide bonds. The van der Waals surface area contributed by atoms with E-state index in [1.807, 2.05) is 0 Å². The lowest BCUT2D eigenvalue weighted by Gasteiger charge is -2.29. The van der Waals surface area contributed by atoms with Gasteiger partial charge in [-0.15, -0.1) is 0 Å². The molecule has 0 aromatic heterocycles. The number of carbonyl (C=O) groups is 1.